The standard InChI is InChI=1S/C12H17N5O3/c1-4-16-5-7(13)9(15-16)10(19)17-6-8(18)14-11(20)12(17,2)3/h5H,4,6,13H2,1-3H3,(H,14,18,20). The van der Waals surface area contributed by atoms with Crippen molar-refractivity contribution in [2.45, 2.75) is 32.9 Å². The van der Waals surface area contributed by atoms with Crippen LogP contribution in [0.4, 0.5) is 5.69 Å². The molecule has 20 heavy (non-hydrogen) atoms. The Labute approximate surface area is 115 Å². The fourth-order valence-electron chi connectivity index (χ4n) is 2.00. The van der Waals surface area contributed by atoms with E-state index < -0.39 is 23.3 Å². The summed E-state index contributed by atoms with van der Waals surface area (Å²) in [6, 6.07) is 0. The van der Waals surface area contributed by atoms with Gasteiger partial charge in [-0.05, 0) is 20.8 Å². The monoisotopic (exact) mass is 279 g/mol. The van der Waals surface area contributed by atoms with Crippen LogP contribution in [0.3, 0.4) is 0 Å². The SMILES string of the molecule is CCn1cc(N)c(C(=O)N2CC(=O)NC(=O)C2(C)C)n1. The number of rotatable bonds is 2. The predicted molar refractivity (Wildman–Crippen MR) is 70.6 cm³/mol. The lowest BCUT2D eigenvalue weighted by Crippen LogP contribution is -2.65. The van der Waals surface area contributed by atoms with Gasteiger partial charge in [-0.15, -0.1) is 0 Å². The molecule has 0 unspecified atom stereocenters. The van der Waals surface area contributed by atoms with Crippen LogP contribution in [0.15, 0.2) is 6.20 Å². The number of imide groups is 1. The van der Waals surface area contributed by atoms with E-state index in [0.29, 0.717) is 6.54 Å². The number of aryl methyl sites for hydroxylation is 1. The van der Waals surface area contributed by atoms with Crippen LogP contribution in [-0.4, -0.2) is 44.5 Å². The summed E-state index contributed by atoms with van der Waals surface area (Å²) in [5.41, 5.74) is 4.92. The Morgan fingerprint density at radius 3 is 2.70 bits per heavy atom. The lowest BCUT2D eigenvalue weighted by atomic mass is 9.98. The van der Waals surface area contributed by atoms with Gasteiger partial charge in [0.25, 0.3) is 11.8 Å². The van der Waals surface area contributed by atoms with Gasteiger partial charge in [0.2, 0.25) is 5.91 Å². The van der Waals surface area contributed by atoms with Gasteiger partial charge in [-0.3, -0.25) is 24.4 Å². The average molecular weight is 279 g/mol. The van der Waals surface area contributed by atoms with Gasteiger partial charge in [0.1, 0.15) is 12.1 Å². The molecule has 2 rings (SSSR count). The summed E-state index contributed by atoms with van der Waals surface area (Å²) >= 11 is 0. The van der Waals surface area contributed by atoms with Gasteiger partial charge in [-0.1, -0.05) is 0 Å². The van der Waals surface area contributed by atoms with Gasteiger partial charge >= 0.3 is 0 Å². The number of hydrogen-bond acceptors (Lipinski definition) is 5. The highest BCUT2D eigenvalue weighted by Crippen LogP contribution is 2.22. The molecule has 1 aliphatic rings. The van der Waals surface area contributed by atoms with Gasteiger partial charge in [-0.25, -0.2) is 0 Å². The summed E-state index contributed by atoms with van der Waals surface area (Å²) in [6.45, 7) is 5.37. The van der Waals surface area contributed by atoms with Crippen LogP contribution in [0.25, 0.3) is 0 Å². The van der Waals surface area contributed by atoms with Crippen LogP contribution < -0.4 is 11.1 Å². The van der Waals surface area contributed by atoms with Gasteiger partial charge in [0, 0.05) is 12.7 Å². The summed E-state index contributed by atoms with van der Waals surface area (Å²) in [5, 5.41) is 6.28. The summed E-state index contributed by atoms with van der Waals surface area (Å²) in [7, 11) is 0. The molecular weight excluding hydrogens is 262 g/mol. The molecule has 2 heterocycles. The Kier molecular flexibility index (Phi) is 3.24. The third-order valence-corrected chi connectivity index (χ3v) is 3.35. The van der Waals surface area contributed by atoms with Crippen molar-refractivity contribution < 1.29 is 14.4 Å². The molecule has 8 heteroatoms. The number of aromatic nitrogens is 2. The molecule has 1 aliphatic heterocycles. The Morgan fingerprint density at radius 2 is 2.15 bits per heavy atom. The van der Waals surface area contributed by atoms with Crippen molar-refractivity contribution in [3.63, 3.8) is 0 Å². The largest absolute Gasteiger partial charge is 0.396 e. The first kappa shape index (κ1) is 14.0. The zero-order valence-corrected chi connectivity index (χ0v) is 11.6. The molecule has 0 saturated carbocycles. The van der Waals surface area contributed by atoms with E-state index in [-0.39, 0.29) is 17.9 Å². The molecule has 0 atom stereocenters. The Morgan fingerprint density at radius 1 is 1.50 bits per heavy atom. The highest BCUT2D eigenvalue weighted by molar-refractivity contribution is 6.09. The van der Waals surface area contributed by atoms with E-state index in [0.717, 1.165) is 0 Å². The number of nitrogen functional groups attached to an aromatic ring is 1. The smallest absolute Gasteiger partial charge is 0.277 e. The fraction of sp³-hybridized carbons (Fsp3) is 0.500. The van der Waals surface area contributed by atoms with Crippen molar-refractivity contribution in [3.8, 4) is 0 Å². The maximum absolute atomic E-state index is 12.5. The van der Waals surface area contributed by atoms with E-state index in [1.807, 2.05) is 6.92 Å². The van der Waals surface area contributed by atoms with E-state index in [9.17, 15) is 14.4 Å². The average Bonchev–Trinajstić information content (AvgIpc) is 2.75. The Bertz CT molecular complexity index is 590. The molecule has 0 aliphatic carbocycles. The van der Waals surface area contributed by atoms with Crippen molar-refractivity contribution >= 4 is 23.4 Å². The molecule has 3 amide bonds. The Balaban J connectivity index is 2.37. The molecule has 1 fully saturated rings. The third kappa shape index (κ3) is 2.13. The van der Waals surface area contributed by atoms with Crippen molar-refractivity contribution in [1.82, 2.24) is 20.0 Å². The molecule has 8 nitrogen and oxygen atoms in total. The molecule has 108 valence electrons. The first-order chi connectivity index (χ1) is 9.27. The highest BCUT2D eigenvalue weighted by Gasteiger charge is 2.44. The number of carbonyl (C=O) groups is 3. The Hall–Kier alpha value is -2.38. The maximum atomic E-state index is 12.5. The van der Waals surface area contributed by atoms with Crippen molar-refractivity contribution in [1.29, 1.82) is 0 Å². The zero-order valence-electron chi connectivity index (χ0n) is 11.6. The number of hydrogen-bond donors (Lipinski definition) is 2. The minimum atomic E-state index is -1.13. The number of nitrogens with zero attached hydrogens (tertiary/aromatic N) is 3. The van der Waals surface area contributed by atoms with E-state index >= 15 is 0 Å². The van der Waals surface area contributed by atoms with Crippen molar-refractivity contribution in [2.24, 2.45) is 0 Å². The van der Waals surface area contributed by atoms with Gasteiger partial charge < -0.3 is 10.6 Å². The molecule has 0 aromatic carbocycles. The zero-order chi connectivity index (χ0) is 15.1. The second-order valence-corrected chi connectivity index (χ2v) is 5.12. The van der Waals surface area contributed by atoms with Gasteiger partial charge in [-0.2, -0.15) is 5.10 Å². The molecule has 1 aromatic heterocycles. The summed E-state index contributed by atoms with van der Waals surface area (Å²) in [5.74, 6) is -1.56. The number of anilines is 1. The molecule has 1 aromatic rings. The van der Waals surface area contributed by atoms with Crippen LogP contribution in [0.1, 0.15) is 31.3 Å². The van der Waals surface area contributed by atoms with Crippen LogP contribution in [0.5, 0.6) is 0 Å². The second kappa shape index (κ2) is 4.62. The normalized spacial score (nSPS) is 18.1. The van der Waals surface area contributed by atoms with Gasteiger partial charge in [0.05, 0.1) is 5.69 Å². The van der Waals surface area contributed by atoms with E-state index in [2.05, 4.69) is 10.4 Å². The van der Waals surface area contributed by atoms with Crippen LogP contribution in [0, 0.1) is 0 Å². The van der Waals surface area contributed by atoms with Gasteiger partial charge in [0.15, 0.2) is 5.69 Å². The summed E-state index contributed by atoms with van der Waals surface area (Å²) < 4.78 is 1.53. The van der Waals surface area contributed by atoms with E-state index in [1.54, 1.807) is 20.0 Å². The quantitative estimate of drug-likeness (QED) is 0.700. The minimum absolute atomic E-state index is 0.0578. The molecule has 0 spiro atoms. The van der Waals surface area contributed by atoms with Crippen molar-refractivity contribution in [2.75, 3.05) is 12.3 Å². The number of piperazine rings is 1. The number of amides is 3. The molecular formula is C12H17N5O3. The number of nitrogens with two attached hydrogens (primary N) is 1. The molecule has 0 radical (unpaired) electrons. The highest BCUT2D eigenvalue weighted by atomic mass is 16.2. The maximum Gasteiger partial charge on any atom is 0.277 e. The van der Waals surface area contributed by atoms with E-state index in [4.69, 9.17) is 5.73 Å². The lowest BCUT2D eigenvalue weighted by Gasteiger charge is -2.39. The molecule has 1 saturated heterocycles. The van der Waals surface area contributed by atoms with Crippen LogP contribution >= 0.6 is 0 Å². The third-order valence-electron chi connectivity index (χ3n) is 3.35. The van der Waals surface area contributed by atoms with Crippen LogP contribution in [-0.2, 0) is 16.1 Å². The first-order valence-electron chi connectivity index (χ1n) is 6.26. The van der Waals surface area contributed by atoms with Crippen molar-refractivity contribution in [3.05, 3.63) is 11.9 Å². The lowest BCUT2D eigenvalue weighted by molar-refractivity contribution is -0.143. The number of nitrogens with one attached hydrogen (secondary N) is 1. The first-order valence-corrected chi connectivity index (χ1v) is 6.26. The topological polar surface area (TPSA) is 110 Å². The van der Waals surface area contributed by atoms with E-state index in [1.165, 1.54) is 9.58 Å². The predicted octanol–water partition coefficient (Wildman–Crippen LogP) is -0.638. The second-order valence-electron chi connectivity index (χ2n) is 5.12. The van der Waals surface area contributed by atoms with Crippen LogP contribution in [0.2, 0.25) is 0 Å². The molecule has 0 bridgehead atoms. The number of carbonyl (C=O) groups excluding carboxylic acids is 3. The molecule has 3 N–H and O–H groups in total. The summed E-state index contributed by atoms with van der Waals surface area (Å²) in [6.07, 6.45) is 1.55. The fourth-order valence-corrected chi connectivity index (χ4v) is 2.00. The summed E-state index contributed by atoms with van der Waals surface area (Å²) in [4.78, 5) is 37.0. The minimum Gasteiger partial charge on any atom is -0.396 e.